The normalized spacial score (nSPS) is 19.8. The lowest BCUT2D eigenvalue weighted by Crippen LogP contribution is -2.45. The van der Waals surface area contributed by atoms with Crippen LogP contribution >= 0.6 is 11.3 Å². The molecule has 146 valence electrons. The Morgan fingerprint density at radius 2 is 2.14 bits per heavy atom. The quantitative estimate of drug-likeness (QED) is 0.732. The van der Waals surface area contributed by atoms with E-state index in [4.69, 9.17) is 10.7 Å². The monoisotopic (exact) mass is 396 g/mol. The number of carbonyl (C=O) groups excluding carboxylic acids is 1. The van der Waals surface area contributed by atoms with Crippen LogP contribution in [0.25, 0.3) is 10.2 Å². The Labute approximate surface area is 168 Å². The summed E-state index contributed by atoms with van der Waals surface area (Å²) in [6, 6.07) is 6.01. The second-order valence-electron chi connectivity index (χ2n) is 7.75. The molecule has 0 radical (unpaired) electrons. The molecule has 1 aliphatic heterocycles. The number of fused-ring (bicyclic) bond motifs is 1. The molecular formula is C20H24N6OS. The van der Waals surface area contributed by atoms with Crippen LogP contribution in [0.4, 0.5) is 11.5 Å². The number of amides is 1. The third-order valence-electron chi connectivity index (χ3n) is 5.40. The van der Waals surface area contributed by atoms with Gasteiger partial charge in [0.05, 0.1) is 5.69 Å². The van der Waals surface area contributed by atoms with Gasteiger partial charge in [0.25, 0.3) is 5.91 Å². The van der Waals surface area contributed by atoms with Crippen LogP contribution in [-0.4, -0.2) is 52.9 Å². The summed E-state index contributed by atoms with van der Waals surface area (Å²) in [7, 11) is 3.46. The molecule has 1 atom stereocenters. The van der Waals surface area contributed by atoms with Gasteiger partial charge in [-0.25, -0.2) is 15.0 Å². The third-order valence-corrected chi connectivity index (χ3v) is 6.50. The lowest BCUT2D eigenvalue weighted by molar-refractivity contribution is 0.0833. The van der Waals surface area contributed by atoms with Crippen molar-refractivity contribution in [3.8, 4) is 0 Å². The molecule has 3 aromatic heterocycles. The predicted octanol–water partition coefficient (Wildman–Crippen LogP) is 2.93. The van der Waals surface area contributed by atoms with Gasteiger partial charge in [0.2, 0.25) is 0 Å². The highest BCUT2D eigenvalue weighted by molar-refractivity contribution is 7.21. The summed E-state index contributed by atoms with van der Waals surface area (Å²) >= 11 is 1.37. The van der Waals surface area contributed by atoms with E-state index in [2.05, 4.69) is 27.9 Å². The molecule has 28 heavy (non-hydrogen) atoms. The second kappa shape index (κ2) is 7.01. The highest BCUT2D eigenvalue weighted by Gasteiger charge is 2.35. The Balaban J connectivity index is 1.69. The lowest BCUT2D eigenvalue weighted by Gasteiger charge is -2.40. The van der Waals surface area contributed by atoms with Crippen molar-refractivity contribution in [1.82, 2.24) is 19.9 Å². The maximum absolute atomic E-state index is 12.4. The van der Waals surface area contributed by atoms with Crippen molar-refractivity contribution in [3.63, 3.8) is 0 Å². The fourth-order valence-electron chi connectivity index (χ4n) is 3.81. The van der Waals surface area contributed by atoms with Gasteiger partial charge >= 0.3 is 0 Å². The third kappa shape index (κ3) is 3.17. The molecule has 1 amide bonds. The molecule has 0 aliphatic carbocycles. The number of nitrogens with two attached hydrogens (primary N) is 1. The van der Waals surface area contributed by atoms with Crippen LogP contribution < -0.4 is 10.6 Å². The summed E-state index contributed by atoms with van der Waals surface area (Å²) < 4.78 is 0. The molecule has 8 heteroatoms. The number of rotatable bonds is 3. The van der Waals surface area contributed by atoms with Gasteiger partial charge in [-0.1, -0.05) is 6.92 Å². The van der Waals surface area contributed by atoms with Crippen LogP contribution in [0, 0.1) is 0 Å². The molecule has 1 saturated heterocycles. The standard InChI is InChI=1S/C20H24N6OS/c1-20(8-4-10-26(11-20)15-7-9-22-12-23-15)14-6-5-13-16(21)17(19(27)25(2)3)28-18(13)24-14/h5-7,9,12H,4,8,10-11,21H2,1-3H3/t20-/m0/s1. The van der Waals surface area contributed by atoms with Gasteiger partial charge in [0.15, 0.2) is 0 Å². The van der Waals surface area contributed by atoms with Gasteiger partial charge in [-0.3, -0.25) is 4.79 Å². The highest BCUT2D eigenvalue weighted by Crippen LogP contribution is 2.38. The van der Waals surface area contributed by atoms with Crippen LogP contribution in [-0.2, 0) is 5.41 Å². The molecule has 0 bridgehead atoms. The Morgan fingerprint density at radius 3 is 2.86 bits per heavy atom. The SMILES string of the molecule is CN(C)C(=O)c1sc2nc([C@@]3(C)CCCN(c4ccncn4)C3)ccc2c1N. The average molecular weight is 397 g/mol. The molecule has 1 aliphatic rings. The van der Waals surface area contributed by atoms with Crippen molar-refractivity contribution in [3.05, 3.63) is 41.3 Å². The van der Waals surface area contributed by atoms with E-state index >= 15 is 0 Å². The maximum Gasteiger partial charge on any atom is 0.265 e. The van der Waals surface area contributed by atoms with Gasteiger partial charge < -0.3 is 15.5 Å². The summed E-state index contributed by atoms with van der Waals surface area (Å²) in [4.78, 5) is 31.0. The Morgan fingerprint density at radius 1 is 1.32 bits per heavy atom. The number of piperidine rings is 1. The van der Waals surface area contributed by atoms with Crippen LogP contribution in [0.2, 0.25) is 0 Å². The number of aromatic nitrogens is 3. The summed E-state index contributed by atoms with van der Waals surface area (Å²) in [6.45, 7) is 4.06. The molecule has 0 saturated carbocycles. The topological polar surface area (TPSA) is 88.2 Å². The first kappa shape index (κ1) is 18.6. The molecule has 0 unspecified atom stereocenters. The zero-order chi connectivity index (χ0) is 19.9. The molecular weight excluding hydrogens is 372 g/mol. The minimum absolute atomic E-state index is 0.0825. The van der Waals surface area contributed by atoms with Gasteiger partial charge in [-0.05, 0) is 31.0 Å². The van der Waals surface area contributed by atoms with Gasteiger partial charge in [0, 0.05) is 49.9 Å². The van der Waals surface area contributed by atoms with Crippen LogP contribution in [0.15, 0.2) is 30.7 Å². The molecule has 0 spiro atoms. The van der Waals surface area contributed by atoms with Crippen molar-refractivity contribution in [2.24, 2.45) is 0 Å². The van der Waals surface area contributed by atoms with Crippen molar-refractivity contribution in [2.75, 3.05) is 37.8 Å². The molecule has 7 nitrogen and oxygen atoms in total. The van der Waals surface area contributed by atoms with Crippen LogP contribution in [0.1, 0.15) is 35.1 Å². The van der Waals surface area contributed by atoms with Crippen molar-refractivity contribution in [2.45, 2.75) is 25.2 Å². The summed E-state index contributed by atoms with van der Waals surface area (Å²) in [5, 5.41) is 0.853. The Bertz CT molecular complexity index is 1020. The Hall–Kier alpha value is -2.74. The average Bonchev–Trinajstić information content (AvgIpc) is 3.04. The Kier molecular flexibility index (Phi) is 4.66. The summed E-state index contributed by atoms with van der Waals surface area (Å²) in [5.74, 6) is 0.863. The van der Waals surface area contributed by atoms with E-state index in [1.807, 2.05) is 12.1 Å². The molecule has 2 N–H and O–H groups in total. The number of carbonyl (C=O) groups is 1. The number of thiophene rings is 1. The largest absolute Gasteiger partial charge is 0.397 e. The molecule has 4 rings (SSSR count). The van der Waals surface area contributed by atoms with E-state index in [0.717, 1.165) is 47.7 Å². The fourth-order valence-corrected chi connectivity index (χ4v) is 4.93. The number of pyridine rings is 1. The van der Waals surface area contributed by atoms with E-state index in [1.165, 1.54) is 11.3 Å². The number of nitrogen functional groups attached to an aromatic ring is 1. The number of hydrogen-bond donors (Lipinski definition) is 1. The minimum atomic E-state index is -0.0954. The number of anilines is 2. The summed E-state index contributed by atoms with van der Waals surface area (Å²) in [5.41, 5.74) is 7.70. The van der Waals surface area contributed by atoms with Gasteiger partial charge in [-0.2, -0.15) is 0 Å². The molecule has 1 fully saturated rings. The molecule has 0 aromatic carbocycles. The number of hydrogen-bond acceptors (Lipinski definition) is 7. The van der Waals surface area contributed by atoms with Crippen LogP contribution in [0.3, 0.4) is 0 Å². The van der Waals surface area contributed by atoms with Crippen LogP contribution in [0.5, 0.6) is 0 Å². The first-order chi connectivity index (χ1) is 13.4. The van der Waals surface area contributed by atoms with E-state index in [-0.39, 0.29) is 11.3 Å². The minimum Gasteiger partial charge on any atom is -0.397 e. The predicted molar refractivity (Wildman–Crippen MR) is 113 cm³/mol. The van der Waals surface area contributed by atoms with E-state index in [9.17, 15) is 4.79 Å². The number of nitrogens with zero attached hydrogens (tertiary/aromatic N) is 5. The first-order valence-corrected chi connectivity index (χ1v) is 10.1. The van der Waals surface area contributed by atoms with Gasteiger partial charge in [-0.15, -0.1) is 11.3 Å². The molecule has 3 aromatic rings. The van der Waals surface area contributed by atoms with Crippen molar-refractivity contribution in [1.29, 1.82) is 0 Å². The van der Waals surface area contributed by atoms with E-state index < -0.39 is 0 Å². The second-order valence-corrected chi connectivity index (χ2v) is 8.75. The zero-order valence-corrected chi connectivity index (χ0v) is 17.2. The molecule has 4 heterocycles. The smallest absolute Gasteiger partial charge is 0.265 e. The maximum atomic E-state index is 12.4. The fraction of sp³-hybridized carbons (Fsp3) is 0.400. The van der Waals surface area contributed by atoms with E-state index in [1.54, 1.807) is 31.5 Å². The first-order valence-electron chi connectivity index (χ1n) is 9.31. The van der Waals surface area contributed by atoms with Crippen molar-refractivity contribution < 1.29 is 4.79 Å². The lowest BCUT2D eigenvalue weighted by atomic mass is 9.78. The van der Waals surface area contributed by atoms with Crippen molar-refractivity contribution >= 4 is 39.0 Å². The van der Waals surface area contributed by atoms with Gasteiger partial charge in [0.1, 0.15) is 21.9 Å². The van der Waals surface area contributed by atoms with E-state index in [0.29, 0.717) is 10.6 Å². The highest BCUT2D eigenvalue weighted by atomic mass is 32.1. The summed E-state index contributed by atoms with van der Waals surface area (Å²) in [6.07, 6.45) is 5.48. The zero-order valence-electron chi connectivity index (χ0n) is 16.3.